The average molecular weight is 374 g/mol. The maximum absolute atomic E-state index is 13.2. The predicted molar refractivity (Wildman–Crippen MR) is 96.0 cm³/mol. The van der Waals surface area contributed by atoms with Crippen molar-refractivity contribution in [3.8, 4) is 0 Å². The van der Waals surface area contributed by atoms with Crippen molar-refractivity contribution in [1.29, 1.82) is 0 Å². The van der Waals surface area contributed by atoms with Crippen LogP contribution in [0.15, 0.2) is 47.1 Å². The topological polar surface area (TPSA) is 63.0 Å². The summed E-state index contributed by atoms with van der Waals surface area (Å²) in [7, 11) is 1.46. The molecule has 0 N–H and O–H groups in total. The Morgan fingerprint density at radius 2 is 1.89 bits per heavy atom. The van der Waals surface area contributed by atoms with Gasteiger partial charge in [-0.15, -0.1) is 0 Å². The molecule has 0 atom stereocenters. The Bertz CT molecular complexity index is 757. The normalized spacial score (nSPS) is 13.4. The van der Waals surface area contributed by atoms with E-state index in [0.717, 1.165) is 18.4 Å². The molecule has 1 heterocycles. The van der Waals surface area contributed by atoms with Crippen LogP contribution in [-0.4, -0.2) is 47.9 Å². The molecule has 1 aliphatic rings. The van der Waals surface area contributed by atoms with Crippen molar-refractivity contribution < 1.29 is 23.1 Å². The highest BCUT2D eigenvalue weighted by Gasteiger charge is 2.34. The third-order valence-corrected chi connectivity index (χ3v) is 4.45. The summed E-state index contributed by atoms with van der Waals surface area (Å²) in [5, 5.41) is 0. The molecular formula is C20H23FN2O4. The molecule has 6 nitrogen and oxygen atoms in total. The summed E-state index contributed by atoms with van der Waals surface area (Å²) in [4.78, 5) is 28.4. The minimum atomic E-state index is -0.326. The highest BCUT2D eigenvalue weighted by atomic mass is 19.1. The van der Waals surface area contributed by atoms with Crippen molar-refractivity contribution >= 4 is 11.8 Å². The van der Waals surface area contributed by atoms with Crippen molar-refractivity contribution in [3.05, 3.63) is 59.8 Å². The molecule has 3 rings (SSSR count). The van der Waals surface area contributed by atoms with E-state index >= 15 is 0 Å². The van der Waals surface area contributed by atoms with Crippen molar-refractivity contribution in [2.24, 2.45) is 0 Å². The van der Waals surface area contributed by atoms with Crippen LogP contribution in [-0.2, 0) is 27.4 Å². The van der Waals surface area contributed by atoms with Crippen LogP contribution in [0.5, 0.6) is 0 Å². The van der Waals surface area contributed by atoms with Crippen LogP contribution in [0.4, 0.5) is 4.39 Å². The minimum Gasteiger partial charge on any atom is -0.467 e. The molecule has 0 unspecified atom stereocenters. The highest BCUT2D eigenvalue weighted by molar-refractivity contribution is 5.85. The molecule has 144 valence electrons. The van der Waals surface area contributed by atoms with Crippen LogP contribution < -0.4 is 0 Å². The summed E-state index contributed by atoms with van der Waals surface area (Å²) < 4.78 is 23.5. The third-order valence-electron chi connectivity index (χ3n) is 4.45. The Morgan fingerprint density at radius 3 is 2.48 bits per heavy atom. The van der Waals surface area contributed by atoms with Gasteiger partial charge in [0.25, 0.3) is 0 Å². The first-order valence-electron chi connectivity index (χ1n) is 8.90. The zero-order valence-electron chi connectivity index (χ0n) is 15.3. The van der Waals surface area contributed by atoms with E-state index in [1.165, 1.54) is 19.2 Å². The molecule has 0 bridgehead atoms. The zero-order chi connectivity index (χ0) is 19.2. The van der Waals surface area contributed by atoms with Gasteiger partial charge < -0.3 is 19.0 Å². The fourth-order valence-corrected chi connectivity index (χ4v) is 2.89. The smallest absolute Gasteiger partial charge is 0.249 e. The summed E-state index contributed by atoms with van der Waals surface area (Å²) in [6.45, 7) is 0.533. The Kier molecular flexibility index (Phi) is 6.24. The molecule has 2 aromatic rings. The standard InChI is InChI=1S/C20H23FN2O4/c1-26-14-20(25)23(17-8-9-17)13-19(24)22(12-18-3-2-10-27-18)11-15-4-6-16(21)7-5-15/h2-7,10,17H,8-9,11-14H2,1H3. The molecule has 1 aliphatic carbocycles. The second-order valence-corrected chi connectivity index (χ2v) is 6.64. The van der Waals surface area contributed by atoms with E-state index in [9.17, 15) is 14.0 Å². The fraction of sp³-hybridized carbons (Fsp3) is 0.400. The van der Waals surface area contributed by atoms with Gasteiger partial charge in [-0.25, -0.2) is 4.39 Å². The summed E-state index contributed by atoms with van der Waals surface area (Å²) in [6, 6.07) is 9.67. The molecule has 1 aromatic heterocycles. The number of furan rings is 1. The van der Waals surface area contributed by atoms with Gasteiger partial charge in [0.1, 0.15) is 24.7 Å². The van der Waals surface area contributed by atoms with Crippen molar-refractivity contribution in [1.82, 2.24) is 9.80 Å². The molecule has 1 aromatic carbocycles. The van der Waals surface area contributed by atoms with Gasteiger partial charge in [0.15, 0.2) is 0 Å². The molecule has 0 saturated heterocycles. The van der Waals surface area contributed by atoms with Gasteiger partial charge in [-0.1, -0.05) is 12.1 Å². The SMILES string of the molecule is COCC(=O)N(CC(=O)N(Cc1ccc(F)cc1)Cc1ccco1)C1CC1. The molecule has 2 amide bonds. The van der Waals surface area contributed by atoms with E-state index in [1.807, 2.05) is 0 Å². The first-order valence-corrected chi connectivity index (χ1v) is 8.90. The Hall–Kier alpha value is -2.67. The van der Waals surface area contributed by atoms with Gasteiger partial charge in [-0.3, -0.25) is 9.59 Å². The van der Waals surface area contributed by atoms with Crippen LogP contribution in [0.2, 0.25) is 0 Å². The number of rotatable bonds is 9. The second-order valence-electron chi connectivity index (χ2n) is 6.64. The summed E-state index contributed by atoms with van der Waals surface area (Å²) >= 11 is 0. The molecule has 0 radical (unpaired) electrons. The van der Waals surface area contributed by atoms with Crippen LogP contribution in [0.1, 0.15) is 24.2 Å². The van der Waals surface area contributed by atoms with Crippen LogP contribution >= 0.6 is 0 Å². The van der Waals surface area contributed by atoms with Crippen molar-refractivity contribution in [2.45, 2.75) is 32.0 Å². The quantitative estimate of drug-likeness (QED) is 0.677. The van der Waals surface area contributed by atoms with Crippen molar-refractivity contribution in [3.63, 3.8) is 0 Å². The minimum absolute atomic E-state index is 0.00520. The molecule has 0 aliphatic heterocycles. The van der Waals surface area contributed by atoms with Gasteiger partial charge in [0.2, 0.25) is 11.8 Å². The average Bonchev–Trinajstić information content (AvgIpc) is 3.36. The molecule has 27 heavy (non-hydrogen) atoms. The largest absolute Gasteiger partial charge is 0.467 e. The number of hydrogen-bond acceptors (Lipinski definition) is 4. The molecule has 1 fully saturated rings. The lowest BCUT2D eigenvalue weighted by Gasteiger charge is -2.27. The van der Waals surface area contributed by atoms with Crippen LogP contribution in [0, 0.1) is 5.82 Å². The lowest BCUT2D eigenvalue weighted by Crippen LogP contribution is -2.44. The lowest BCUT2D eigenvalue weighted by molar-refractivity contribution is -0.144. The van der Waals surface area contributed by atoms with E-state index < -0.39 is 0 Å². The molecule has 0 spiro atoms. The highest BCUT2D eigenvalue weighted by Crippen LogP contribution is 2.27. The van der Waals surface area contributed by atoms with E-state index in [1.54, 1.807) is 40.3 Å². The van der Waals surface area contributed by atoms with Crippen LogP contribution in [0.25, 0.3) is 0 Å². The summed E-state index contributed by atoms with van der Waals surface area (Å²) in [5.41, 5.74) is 0.803. The number of amides is 2. The van der Waals surface area contributed by atoms with Gasteiger partial charge in [-0.2, -0.15) is 0 Å². The fourth-order valence-electron chi connectivity index (χ4n) is 2.89. The Labute approximate surface area is 157 Å². The first-order chi connectivity index (χ1) is 13.1. The molecule has 1 saturated carbocycles. The number of hydrogen-bond donors (Lipinski definition) is 0. The van der Waals surface area contributed by atoms with Gasteiger partial charge in [-0.05, 0) is 42.7 Å². The van der Waals surface area contributed by atoms with Gasteiger partial charge in [0.05, 0.1) is 12.8 Å². The van der Waals surface area contributed by atoms with E-state index in [2.05, 4.69) is 0 Å². The monoisotopic (exact) mass is 374 g/mol. The number of carbonyl (C=O) groups is 2. The number of methoxy groups -OCH3 is 1. The summed E-state index contributed by atoms with van der Waals surface area (Å²) in [5.74, 6) is -0.0560. The van der Waals surface area contributed by atoms with Crippen molar-refractivity contribution in [2.75, 3.05) is 20.3 Å². The predicted octanol–water partition coefficient (Wildman–Crippen LogP) is 2.58. The van der Waals surface area contributed by atoms with Gasteiger partial charge in [0, 0.05) is 19.7 Å². The van der Waals surface area contributed by atoms with E-state index in [4.69, 9.17) is 9.15 Å². The number of nitrogens with zero attached hydrogens (tertiary/aromatic N) is 2. The number of carbonyl (C=O) groups excluding carboxylic acids is 2. The van der Waals surface area contributed by atoms with Gasteiger partial charge >= 0.3 is 0 Å². The number of benzene rings is 1. The number of halogens is 1. The summed E-state index contributed by atoms with van der Waals surface area (Å²) in [6.07, 6.45) is 3.35. The molecule has 7 heteroatoms. The Morgan fingerprint density at radius 1 is 1.15 bits per heavy atom. The maximum atomic E-state index is 13.2. The first kappa shape index (κ1) is 19.1. The Balaban J connectivity index is 1.72. The maximum Gasteiger partial charge on any atom is 0.249 e. The van der Waals surface area contributed by atoms with E-state index in [0.29, 0.717) is 12.3 Å². The lowest BCUT2D eigenvalue weighted by atomic mass is 10.2. The van der Waals surface area contributed by atoms with Crippen LogP contribution in [0.3, 0.4) is 0 Å². The van der Waals surface area contributed by atoms with E-state index in [-0.39, 0.29) is 43.4 Å². The molecular weight excluding hydrogens is 351 g/mol. The zero-order valence-corrected chi connectivity index (χ0v) is 15.3. The third kappa shape index (κ3) is 5.40. The number of ether oxygens (including phenoxy) is 1. The second kappa shape index (κ2) is 8.81.